The lowest BCUT2D eigenvalue weighted by Gasteiger charge is -2.10. The average molecular weight is 436 g/mol. The molecule has 3 heterocycles. The van der Waals surface area contributed by atoms with Crippen molar-refractivity contribution in [2.45, 2.75) is 47.5 Å². The minimum absolute atomic E-state index is 0.0877. The van der Waals surface area contributed by atoms with Crippen LogP contribution >= 0.6 is 11.3 Å². The number of carbonyl (C=O) groups excluding carboxylic acids is 1. The summed E-state index contributed by atoms with van der Waals surface area (Å²) in [6.07, 6.45) is 0.858. The molecule has 3 aromatic heterocycles. The lowest BCUT2D eigenvalue weighted by atomic mass is 9.98. The molecule has 4 aromatic rings. The van der Waals surface area contributed by atoms with Crippen molar-refractivity contribution in [2.75, 3.05) is 11.1 Å². The molecule has 0 radical (unpaired) electrons. The van der Waals surface area contributed by atoms with Crippen molar-refractivity contribution in [2.24, 2.45) is 0 Å². The average Bonchev–Trinajstić information content (AvgIpc) is 3.27. The van der Waals surface area contributed by atoms with Gasteiger partial charge >= 0.3 is 0 Å². The molecule has 0 saturated carbocycles. The summed E-state index contributed by atoms with van der Waals surface area (Å²) >= 11 is 1.44. The number of fused-ring (bicyclic) bond motifs is 1. The zero-order chi connectivity index (χ0) is 22.3. The maximum Gasteiger partial charge on any atom is 0.254 e. The molecule has 1 aromatic carbocycles. The molecule has 0 fully saturated rings. The van der Waals surface area contributed by atoms with Crippen molar-refractivity contribution in [3.8, 4) is 11.3 Å². The van der Waals surface area contributed by atoms with Gasteiger partial charge in [0.05, 0.1) is 5.69 Å². The van der Waals surface area contributed by atoms with Crippen LogP contribution in [0.2, 0.25) is 0 Å². The number of nitrogens with two attached hydrogens (primary N) is 1. The Morgan fingerprint density at radius 2 is 1.81 bits per heavy atom. The van der Waals surface area contributed by atoms with Crippen molar-refractivity contribution in [3.63, 3.8) is 0 Å². The fourth-order valence-electron chi connectivity index (χ4n) is 4.04. The number of rotatable bonds is 5. The highest BCUT2D eigenvalue weighted by atomic mass is 32.1. The van der Waals surface area contributed by atoms with Gasteiger partial charge in [0, 0.05) is 28.8 Å². The van der Waals surface area contributed by atoms with Gasteiger partial charge in [-0.1, -0.05) is 17.7 Å². The lowest BCUT2D eigenvalue weighted by Crippen LogP contribution is -2.14. The van der Waals surface area contributed by atoms with Crippen LogP contribution in [0.1, 0.15) is 40.1 Å². The molecule has 0 bridgehead atoms. The number of nitrogen functional groups attached to an aromatic ring is 1. The van der Waals surface area contributed by atoms with E-state index in [2.05, 4.69) is 58.3 Å². The maximum atomic E-state index is 12.6. The van der Waals surface area contributed by atoms with Gasteiger partial charge in [-0.3, -0.25) is 4.79 Å². The van der Waals surface area contributed by atoms with E-state index in [0.29, 0.717) is 23.8 Å². The van der Waals surface area contributed by atoms with Gasteiger partial charge in [0.1, 0.15) is 0 Å². The van der Waals surface area contributed by atoms with Crippen molar-refractivity contribution in [1.82, 2.24) is 24.6 Å². The number of hydrogen-bond acceptors (Lipinski definition) is 7. The van der Waals surface area contributed by atoms with Crippen molar-refractivity contribution in [3.05, 3.63) is 51.2 Å². The minimum Gasteiger partial charge on any atom is -0.366 e. The first-order valence-corrected chi connectivity index (χ1v) is 10.9. The Labute approximate surface area is 184 Å². The highest BCUT2D eigenvalue weighted by Gasteiger charge is 2.15. The van der Waals surface area contributed by atoms with Crippen LogP contribution in [0.25, 0.3) is 17.0 Å². The molecule has 0 aliphatic carbocycles. The second-order valence-corrected chi connectivity index (χ2v) is 8.66. The first kappa shape index (κ1) is 20.9. The Bertz CT molecular complexity index is 1280. The summed E-state index contributed by atoms with van der Waals surface area (Å²) < 4.78 is 1.62. The van der Waals surface area contributed by atoms with Crippen LogP contribution in [0.5, 0.6) is 0 Å². The van der Waals surface area contributed by atoms with Gasteiger partial charge in [-0.2, -0.15) is 9.50 Å². The molecule has 0 saturated heterocycles. The van der Waals surface area contributed by atoms with Crippen LogP contribution in [0.15, 0.2) is 17.5 Å². The number of carbonyl (C=O) groups is 1. The van der Waals surface area contributed by atoms with E-state index in [1.807, 2.05) is 19.2 Å². The Hall–Kier alpha value is -3.33. The molecule has 3 N–H and O–H groups in total. The van der Waals surface area contributed by atoms with E-state index >= 15 is 0 Å². The summed E-state index contributed by atoms with van der Waals surface area (Å²) in [5, 5.41) is 9.69. The van der Waals surface area contributed by atoms with Crippen LogP contribution in [0.4, 0.5) is 11.1 Å². The molecule has 9 heteroatoms. The third-order valence-electron chi connectivity index (χ3n) is 5.35. The zero-order valence-electron chi connectivity index (χ0n) is 18.3. The second-order valence-electron chi connectivity index (χ2n) is 7.80. The molecule has 1 amide bonds. The number of anilines is 2. The predicted octanol–water partition coefficient (Wildman–Crippen LogP) is 3.94. The van der Waals surface area contributed by atoms with Crippen molar-refractivity contribution >= 4 is 34.1 Å². The molecule has 0 spiro atoms. The maximum absolute atomic E-state index is 12.6. The van der Waals surface area contributed by atoms with Crippen LogP contribution in [-0.4, -0.2) is 30.5 Å². The van der Waals surface area contributed by atoms with Gasteiger partial charge < -0.3 is 11.1 Å². The first-order valence-electron chi connectivity index (χ1n) is 10.0. The van der Waals surface area contributed by atoms with Gasteiger partial charge in [0.2, 0.25) is 11.9 Å². The Balaban J connectivity index is 1.47. The Morgan fingerprint density at radius 3 is 2.52 bits per heavy atom. The van der Waals surface area contributed by atoms with E-state index in [9.17, 15) is 4.79 Å². The number of thiazole rings is 1. The molecule has 160 valence electrons. The molecule has 8 nitrogen and oxygen atoms in total. The number of aryl methyl sites for hydroxylation is 5. The zero-order valence-corrected chi connectivity index (χ0v) is 19.1. The normalized spacial score (nSPS) is 11.3. The van der Waals surface area contributed by atoms with Gasteiger partial charge in [0.15, 0.2) is 5.13 Å². The van der Waals surface area contributed by atoms with Gasteiger partial charge in [0.25, 0.3) is 5.78 Å². The molecule has 31 heavy (non-hydrogen) atoms. The number of nitrogens with zero attached hydrogens (tertiary/aromatic N) is 5. The number of amides is 1. The summed E-state index contributed by atoms with van der Waals surface area (Å²) in [6, 6.07) is 4.30. The van der Waals surface area contributed by atoms with Gasteiger partial charge in [-0.25, -0.2) is 9.97 Å². The lowest BCUT2D eigenvalue weighted by molar-refractivity contribution is -0.116. The molecule has 0 atom stereocenters. The fourth-order valence-corrected chi connectivity index (χ4v) is 4.75. The van der Waals surface area contributed by atoms with E-state index in [0.717, 1.165) is 28.2 Å². The van der Waals surface area contributed by atoms with E-state index in [-0.39, 0.29) is 11.9 Å². The third kappa shape index (κ3) is 4.13. The van der Waals surface area contributed by atoms with Crippen LogP contribution in [0.3, 0.4) is 0 Å². The molecular weight excluding hydrogens is 410 g/mol. The van der Waals surface area contributed by atoms with Gasteiger partial charge in [-0.05, 0) is 57.7 Å². The Morgan fingerprint density at radius 1 is 1.10 bits per heavy atom. The van der Waals surface area contributed by atoms with E-state index < -0.39 is 0 Å². The highest BCUT2D eigenvalue weighted by molar-refractivity contribution is 7.14. The summed E-state index contributed by atoms with van der Waals surface area (Å²) in [4.78, 5) is 25.8. The number of hydrogen-bond donors (Lipinski definition) is 2. The summed E-state index contributed by atoms with van der Waals surface area (Å²) in [7, 11) is 0. The summed E-state index contributed by atoms with van der Waals surface area (Å²) in [6.45, 7) is 10.1. The highest BCUT2D eigenvalue weighted by Crippen LogP contribution is 2.31. The number of benzene rings is 1. The van der Waals surface area contributed by atoms with E-state index in [1.165, 1.54) is 28.0 Å². The summed E-state index contributed by atoms with van der Waals surface area (Å²) in [5.41, 5.74) is 14.0. The van der Waals surface area contributed by atoms with Gasteiger partial charge in [-0.15, -0.1) is 16.4 Å². The van der Waals surface area contributed by atoms with Crippen LogP contribution in [0, 0.1) is 34.6 Å². The molecule has 0 aliphatic rings. The Kier molecular flexibility index (Phi) is 5.45. The van der Waals surface area contributed by atoms with Crippen molar-refractivity contribution < 1.29 is 4.79 Å². The van der Waals surface area contributed by atoms with E-state index in [1.54, 1.807) is 4.52 Å². The largest absolute Gasteiger partial charge is 0.366 e. The molecular formula is C22H25N7OS. The quantitative estimate of drug-likeness (QED) is 0.491. The molecule has 4 rings (SSSR count). The third-order valence-corrected chi connectivity index (χ3v) is 6.11. The van der Waals surface area contributed by atoms with Crippen molar-refractivity contribution in [1.29, 1.82) is 0 Å². The topological polar surface area (TPSA) is 111 Å². The fraction of sp³-hybridized carbons (Fsp3) is 0.318. The standard InChI is InChI=1S/C22H25N7OS/c1-11-8-12(2)19(13(3)9-11)17-10-31-22(25-17)26-18(30)7-6-16-14(4)24-21-27-20(23)28-29(21)15(16)5/h8-10H,6-7H2,1-5H3,(H2,23,28)(H,25,26,30). The SMILES string of the molecule is Cc1cc(C)c(-c2csc(NC(=O)CCc3c(C)nc4nc(N)nn4c3C)n2)c(C)c1. The number of aromatic nitrogens is 5. The molecule has 0 unspecified atom stereocenters. The predicted molar refractivity (Wildman–Crippen MR) is 123 cm³/mol. The first-order chi connectivity index (χ1) is 14.7. The van der Waals surface area contributed by atoms with E-state index in [4.69, 9.17) is 5.73 Å². The molecule has 0 aliphatic heterocycles. The summed E-state index contributed by atoms with van der Waals surface area (Å²) in [5.74, 6) is 0.566. The minimum atomic E-state index is -0.0877. The second kappa shape index (κ2) is 8.07. The smallest absolute Gasteiger partial charge is 0.254 e. The monoisotopic (exact) mass is 435 g/mol. The van der Waals surface area contributed by atoms with Crippen LogP contribution in [-0.2, 0) is 11.2 Å². The van der Waals surface area contributed by atoms with Crippen LogP contribution < -0.4 is 11.1 Å². The number of nitrogens with one attached hydrogen (secondary N) is 1.